The Morgan fingerprint density at radius 1 is 0.319 bits per heavy atom. The maximum absolute atomic E-state index is 5.86. The number of fused-ring (bicyclic) bond motifs is 6. The molecular formula is C122H128Br6N6O. The molecule has 0 N–H and O–H groups in total. The van der Waals surface area contributed by atoms with Crippen LogP contribution in [-0.4, -0.2) is 32.1 Å². The summed E-state index contributed by atoms with van der Waals surface area (Å²) in [6.07, 6.45) is 28.3. The minimum absolute atomic E-state index is 0.00519. The third-order valence-corrected chi connectivity index (χ3v) is 30.2. The van der Waals surface area contributed by atoms with Crippen molar-refractivity contribution in [3.63, 3.8) is 0 Å². The molecule has 0 unspecified atom stereocenters. The summed E-state index contributed by atoms with van der Waals surface area (Å²) in [6.45, 7) is 24.7. The second-order valence-electron chi connectivity index (χ2n) is 38.7. The fraction of sp³-hybridized carbons (Fsp3) is 0.311. The number of aromatic nitrogens is 5. The lowest BCUT2D eigenvalue weighted by atomic mass is 9.70. The smallest absolute Gasteiger partial charge is 0.150 e. The molecule has 0 atom stereocenters. The van der Waals surface area contributed by atoms with Crippen LogP contribution in [0, 0.1) is 0 Å². The fourth-order valence-corrected chi connectivity index (χ4v) is 20.9. The Kier molecular flexibility index (Phi) is 34.3. The van der Waals surface area contributed by atoms with Gasteiger partial charge in [0.05, 0.1) is 29.5 Å². The first-order valence-corrected chi connectivity index (χ1v) is 53.9. The zero-order valence-corrected chi connectivity index (χ0v) is 90.2. The fourth-order valence-electron chi connectivity index (χ4n) is 19.0. The first kappa shape index (κ1) is 100. The van der Waals surface area contributed by atoms with Gasteiger partial charge in [-0.25, -0.2) is 9.97 Å². The quantitative estimate of drug-likeness (QED) is 0.0374. The van der Waals surface area contributed by atoms with Gasteiger partial charge in [0.15, 0.2) is 0 Å². The predicted molar refractivity (Wildman–Crippen MR) is 598 cm³/mol. The Labute approximate surface area is 853 Å². The van der Waals surface area contributed by atoms with Gasteiger partial charge in [0.2, 0.25) is 0 Å². The number of benzene rings is 13. The zero-order valence-electron chi connectivity index (χ0n) is 80.7. The molecule has 694 valence electrons. The number of hydrogen-bond donors (Lipinski definition) is 0. The van der Waals surface area contributed by atoms with Crippen molar-refractivity contribution in [2.75, 3.05) is 12.0 Å². The van der Waals surface area contributed by atoms with Crippen LogP contribution < -0.4 is 9.64 Å². The summed E-state index contributed by atoms with van der Waals surface area (Å²) in [7, 11) is 1.71. The minimum atomic E-state index is -0.114. The van der Waals surface area contributed by atoms with Gasteiger partial charge in [0, 0.05) is 76.8 Å². The Morgan fingerprint density at radius 2 is 0.652 bits per heavy atom. The van der Waals surface area contributed by atoms with E-state index >= 15 is 0 Å². The van der Waals surface area contributed by atoms with Crippen molar-refractivity contribution in [1.29, 1.82) is 0 Å². The van der Waals surface area contributed by atoms with Crippen LogP contribution in [0.5, 0.6) is 5.75 Å². The van der Waals surface area contributed by atoms with Crippen LogP contribution in [0.1, 0.15) is 244 Å². The van der Waals surface area contributed by atoms with Gasteiger partial charge < -0.3 is 9.64 Å². The third-order valence-electron chi connectivity index (χ3n) is 26.8. The van der Waals surface area contributed by atoms with Gasteiger partial charge in [-0.2, -0.15) is 0 Å². The lowest BCUT2D eigenvalue weighted by molar-refractivity contribution is 0.392. The molecule has 1 aliphatic carbocycles. The highest BCUT2D eigenvalue weighted by Crippen LogP contribution is 2.57. The molecule has 7 nitrogen and oxygen atoms in total. The molecule has 0 aliphatic heterocycles. The molecule has 13 heteroatoms. The summed E-state index contributed by atoms with van der Waals surface area (Å²) in [6, 6.07) is 104. The van der Waals surface area contributed by atoms with E-state index in [0.717, 1.165) is 132 Å². The van der Waals surface area contributed by atoms with E-state index in [2.05, 4.69) is 444 Å². The number of pyridine rings is 2. The van der Waals surface area contributed by atoms with E-state index < -0.39 is 0 Å². The number of hydrogen-bond acceptors (Lipinski definition) is 6. The van der Waals surface area contributed by atoms with Crippen molar-refractivity contribution in [2.45, 2.75) is 240 Å². The predicted octanol–water partition coefficient (Wildman–Crippen LogP) is 39.3. The van der Waals surface area contributed by atoms with Gasteiger partial charge in [-0.1, -0.05) is 364 Å². The lowest BCUT2D eigenvalue weighted by Gasteiger charge is -2.33. The maximum atomic E-state index is 5.86. The average molecular weight is 2170 g/mol. The maximum Gasteiger partial charge on any atom is 0.150 e. The van der Waals surface area contributed by atoms with Gasteiger partial charge in [0.1, 0.15) is 22.5 Å². The zero-order chi connectivity index (χ0) is 94.9. The lowest BCUT2D eigenvalue weighted by Crippen LogP contribution is -2.25. The van der Waals surface area contributed by atoms with Gasteiger partial charge in [-0.15, -0.1) is 15.0 Å². The Bertz CT molecular complexity index is 6360. The van der Waals surface area contributed by atoms with Crippen LogP contribution in [0.3, 0.4) is 0 Å². The molecule has 135 heavy (non-hydrogen) atoms. The van der Waals surface area contributed by atoms with Crippen LogP contribution in [0.4, 0.5) is 17.1 Å². The number of rotatable bonds is 34. The first-order valence-electron chi connectivity index (χ1n) is 49.1. The van der Waals surface area contributed by atoms with E-state index in [1.54, 1.807) is 11.9 Å². The van der Waals surface area contributed by atoms with Gasteiger partial charge in [-0.3, -0.25) is 0 Å². The number of anilines is 3. The van der Waals surface area contributed by atoms with Gasteiger partial charge >= 0.3 is 0 Å². The van der Waals surface area contributed by atoms with Crippen LogP contribution >= 0.6 is 95.6 Å². The van der Waals surface area contributed by atoms with Crippen molar-refractivity contribution in [2.24, 2.45) is 0 Å². The molecule has 0 fully saturated rings. The number of halogens is 6. The Morgan fingerprint density at radius 3 is 1.02 bits per heavy atom. The molecule has 0 bridgehead atoms. The molecule has 16 aromatic rings. The van der Waals surface area contributed by atoms with Crippen molar-refractivity contribution in [3.05, 3.63) is 345 Å². The third kappa shape index (κ3) is 24.3. The van der Waals surface area contributed by atoms with Crippen LogP contribution in [0.25, 0.3) is 117 Å². The number of aryl methyl sites for hydroxylation is 3. The molecule has 0 spiro atoms. The van der Waals surface area contributed by atoms with E-state index in [0.29, 0.717) is 0 Å². The van der Waals surface area contributed by atoms with Crippen LogP contribution in [-0.2, 0) is 35.5 Å². The second kappa shape index (κ2) is 46.3. The van der Waals surface area contributed by atoms with Crippen molar-refractivity contribution in [3.8, 4) is 89.6 Å². The van der Waals surface area contributed by atoms with Gasteiger partial charge in [-0.05, 0) is 335 Å². The van der Waals surface area contributed by atoms with Crippen LogP contribution in [0.2, 0.25) is 0 Å². The molecule has 17 rings (SSSR count). The van der Waals surface area contributed by atoms with E-state index in [-0.39, 0.29) is 16.2 Å². The normalized spacial score (nSPS) is 12.2. The first-order chi connectivity index (χ1) is 65.3. The molecule has 3 aromatic heterocycles. The highest BCUT2D eigenvalue weighted by atomic mass is 79.9. The molecule has 0 saturated heterocycles. The molecule has 0 radical (unpaired) electrons. The summed E-state index contributed by atoms with van der Waals surface area (Å²) in [5, 5.41) is 11.9. The van der Waals surface area contributed by atoms with Gasteiger partial charge in [0.25, 0.3) is 0 Å². The average Bonchev–Trinajstić information content (AvgIpc) is 1.56. The van der Waals surface area contributed by atoms with E-state index in [4.69, 9.17) is 24.9 Å². The number of unbranched alkanes of at least 4 members (excludes halogenated alkanes) is 13. The monoisotopic (exact) mass is 2170 g/mol. The molecule has 13 aromatic carbocycles. The Balaban J connectivity index is 0.000000214. The SMILES string of the molecule is CCCCCCCCC1(CCCCCCCC)c2cc(-c3ccc4nc(-c5ccc(Br)cc5)cc(-c5ccc(CCCC)cc5)c4c3)ccc2-c2ccc(-c3ccc4nc(-c5ccc(Br)cc5)cc(-c5ccc(CCCC)cc5)c4c3)cc21.CCCCc1ccc(N(c2ccc(Br)cc2)c2ccc(Br)cc2)cc1.COc1c(-n2nc3c(Br)ccc(Br)c3n2)cc(C(C)(C)C)cc1C(C)(C)C. The highest BCUT2D eigenvalue weighted by molar-refractivity contribution is 9.11. The van der Waals surface area contributed by atoms with Crippen molar-refractivity contribution in [1.82, 2.24) is 25.0 Å². The molecule has 0 amide bonds. The van der Waals surface area contributed by atoms with Crippen molar-refractivity contribution < 1.29 is 4.74 Å². The minimum Gasteiger partial charge on any atom is -0.494 e. The largest absolute Gasteiger partial charge is 0.494 e. The van der Waals surface area contributed by atoms with Crippen molar-refractivity contribution >= 4 is 145 Å². The number of ether oxygens (including phenoxy) is 1. The highest BCUT2D eigenvalue weighted by Gasteiger charge is 2.43. The van der Waals surface area contributed by atoms with E-state index in [9.17, 15) is 0 Å². The summed E-state index contributed by atoms with van der Waals surface area (Å²) >= 11 is 21.5. The van der Waals surface area contributed by atoms with E-state index in [1.807, 2.05) is 12.1 Å². The summed E-state index contributed by atoms with van der Waals surface area (Å²) in [5.74, 6) is 0.808. The Hall–Kier alpha value is -9.44. The summed E-state index contributed by atoms with van der Waals surface area (Å²) < 4.78 is 12.0. The molecule has 3 heterocycles. The summed E-state index contributed by atoms with van der Waals surface area (Å²) in [5.41, 5.74) is 34.3. The summed E-state index contributed by atoms with van der Waals surface area (Å²) in [4.78, 5) is 14.7. The number of methoxy groups -OCH3 is 1. The standard InChI is InChI=1S/C79H82Br2N2.C22H21Br2N.C21H25Br2N3O/c1-5-9-13-15-17-19-47-79(48-20-18-16-14-10-6-2)73-51-63(61-37-45-75-71(49-61)69(57-27-23-55(24-28-57)21-11-7-3)53-77(82-75)59-31-39-65(80)40-32-59)35-43-67(73)68-44-36-64(52-74(68)79)62-38-46-76-72(50-62)70(58-29-25-56(26-30-58)22-12-8-4)54-78(83-76)60-33-41-66(81)42-34-60;1-2-3-4-17-5-11-20(12-6-17)25(21-13-7-18(23)8-14-21)22-15-9-19(24)10-16-22;1-20(2,3)12-10-13(21(4,5)6)19(27-7)16(11-12)26-24-17-14(22)8-9-15(23)18(17)25-26/h23-46,49-54H,5-22,47-48H2,1-4H3;5-16H,2-4H2,1H3;8-11H,1-7H3. The molecule has 1 aliphatic rings. The van der Waals surface area contributed by atoms with Crippen LogP contribution in [0.15, 0.2) is 306 Å². The topological polar surface area (TPSA) is 69.0 Å². The second-order valence-corrected chi connectivity index (χ2v) is 44.0. The van der Waals surface area contributed by atoms with E-state index in [1.165, 1.54) is 221 Å². The molecule has 0 saturated carbocycles. The molecular weight excluding hydrogens is 2040 g/mol. The number of nitrogens with zero attached hydrogens (tertiary/aromatic N) is 6.